The minimum absolute atomic E-state index is 0.0646. The van der Waals surface area contributed by atoms with E-state index < -0.39 is 5.82 Å². The zero-order valence-electron chi connectivity index (χ0n) is 19.3. The molecule has 0 saturated carbocycles. The van der Waals surface area contributed by atoms with E-state index in [0.29, 0.717) is 49.4 Å². The summed E-state index contributed by atoms with van der Waals surface area (Å²) in [5, 5.41) is 16.7. The number of rotatable bonds is 4. The molecule has 35 heavy (non-hydrogen) atoms. The summed E-state index contributed by atoms with van der Waals surface area (Å²) in [7, 11) is 1.95. The van der Waals surface area contributed by atoms with Crippen LogP contribution in [-0.4, -0.2) is 44.7 Å². The van der Waals surface area contributed by atoms with Crippen molar-refractivity contribution < 1.29 is 14.3 Å². The molecule has 3 N–H and O–H groups in total. The number of fused-ring (bicyclic) bond motifs is 2. The molecule has 0 atom stereocenters. The van der Waals surface area contributed by atoms with E-state index >= 15 is 4.39 Å². The van der Waals surface area contributed by atoms with Crippen LogP contribution in [0, 0.1) is 5.82 Å². The summed E-state index contributed by atoms with van der Waals surface area (Å²) >= 11 is 0. The number of piperidine rings is 1. The minimum Gasteiger partial charge on any atom is -0.393 e. The average molecular weight is 473 g/mol. The zero-order chi connectivity index (χ0) is 24.1. The SMILES string of the molecule is Cn1ccc2c(-c3ccc(Nc4ncc(N5CCC(O)CC5)cc4F)c4c3CNC4=O)ccnc21. The topological polar surface area (TPSA) is 95.3 Å². The van der Waals surface area contributed by atoms with Gasteiger partial charge in [0.25, 0.3) is 5.91 Å². The molecule has 0 spiro atoms. The van der Waals surface area contributed by atoms with Crippen molar-refractivity contribution in [2.75, 3.05) is 23.3 Å². The Balaban J connectivity index is 1.35. The van der Waals surface area contributed by atoms with Crippen LogP contribution in [0.3, 0.4) is 0 Å². The summed E-state index contributed by atoms with van der Waals surface area (Å²) in [6, 6.07) is 9.17. The Bertz CT molecular complexity index is 1460. The first-order chi connectivity index (χ1) is 17.0. The fourth-order valence-electron chi connectivity index (χ4n) is 5.05. The minimum atomic E-state index is -0.495. The second-order valence-corrected chi connectivity index (χ2v) is 9.09. The molecule has 4 aromatic rings. The number of anilines is 3. The Morgan fingerprint density at radius 3 is 2.77 bits per heavy atom. The highest BCUT2D eigenvalue weighted by Crippen LogP contribution is 2.38. The second-order valence-electron chi connectivity index (χ2n) is 9.09. The van der Waals surface area contributed by atoms with Crippen molar-refractivity contribution in [2.45, 2.75) is 25.5 Å². The Kier molecular flexibility index (Phi) is 5.14. The van der Waals surface area contributed by atoms with E-state index in [1.165, 1.54) is 6.07 Å². The van der Waals surface area contributed by atoms with Gasteiger partial charge in [0, 0.05) is 50.5 Å². The zero-order valence-corrected chi connectivity index (χ0v) is 19.3. The number of aliphatic hydroxyl groups is 1. The average Bonchev–Trinajstić information content (AvgIpc) is 3.44. The monoisotopic (exact) mass is 472 g/mol. The molecule has 0 bridgehead atoms. The molecule has 8 nitrogen and oxygen atoms in total. The molecule has 2 aliphatic heterocycles. The lowest BCUT2D eigenvalue weighted by atomic mass is 9.94. The van der Waals surface area contributed by atoms with Gasteiger partial charge in [0.2, 0.25) is 0 Å². The fraction of sp³-hybridized carbons (Fsp3) is 0.269. The number of carbonyl (C=O) groups is 1. The number of halogens is 1. The van der Waals surface area contributed by atoms with E-state index in [1.807, 2.05) is 40.9 Å². The molecule has 0 aliphatic carbocycles. The summed E-state index contributed by atoms with van der Waals surface area (Å²) < 4.78 is 17.0. The summed E-state index contributed by atoms with van der Waals surface area (Å²) in [5.74, 6) is -0.633. The second kappa shape index (κ2) is 8.35. The van der Waals surface area contributed by atoms with Crippen molar-refractivity contribution >= 4 is 34.1 Å². The molecule has 3 aromatic heterocycles. The summed E-state index contributed by atoms with van der Waals surface area (Å²) in [6.45, 7) is 1.72. The van der Waals surface area contributed by atoms with Crippen molar-refractivity contribution in [2.24, 2.45) is 7.05 Å². The van der Waals surface area contributed by atoms with Crippen molar-refractivity contribution in [1.82, 2.24) is 19.9 Å². The number of aromatic nitrogens is 3. The van der Waals surface area contributed by atoms with Gasteiger partial charge >= 0.3 is 0 Å². The maximum Gasteiger partial charge on any atom is 0.254 e. The van der Waals surface area contributed by atoms with E-state index in [4.69, 9.17) is 0 Å². The lowest BCUT2D eigenvalue weighted by molar-refractivity contribution is 0.0966. The first kappa shape index (κ1) is 21.5. The number of carbonyl (C=O) groups excluding carboxylic acids is 1. The molecule has 0 radical (unpaired) electrons. The molecule has 2 aliphatic rings. The lowest BCUT2D eigenvalue weighted by Crippen LogP contribution is -2.35. The molecule has 1 aromatic carbocycles. The first-order valence-corrected chi connectivity index (χ1v) is 11.7. The van der Waals surface area contributed by atoms with Crippen LogP contribution in [0.15, 0.2) is 48.9 Å². The number of nitrogens with one attached hydrogen (secondary N) is 2. The predicted molar refractivity (Wildman–Crippen MR) is 132 cm³/mol. The molecular weight excluding hydrogens is 447 g/mol. The molecule has 1 fully saturated rings. The molecule has 1 saturated heterocycles. The molecule has 1 amide bonds. The largest absolute Gasteiger partial charge is 0.393 e. The number of hydrogen-bond donors (Lipinski definition) is 3. The Hall–Kier alpha value is -3.98. The van der Waals surface area contributed by atoms with E-state index in [1.54, 1.807) is 18.5 Å². The van der Waals surface area contributed by atoms with Crippen LogP contribution >= 0.6 is 0 Å². The third-order valence-corrected chi connectivity index (χ3v) is 6.93. The molecule has 9 heteroatoms. The summed E-state index contributed by atoms with van der Waals surface area (Å²) in [6.07, 6.45) is 6.37. The van der Waals surface area contributed by atoms with Crippen LogP contribution in [0.2, 0.25) is 0 Å². The van der Waals surface area contributed by atoms with Gasteiger partial charge in [0.1, 0.15) is 5.65 Å². The number of hydrogen-bond acceptors (Lipinski definition) is 6. The van der Waals surface area contributed by atoms with Crippen molar-refractivity contribution in [1.29, 1.82) is 0 Å². The smallest absolute Gasteiger partial charge is 0.254 e. The molecule has 0 unspecified atom stereocenters. The highest BCUT2D eigenvalue weighted by molar-refractivity contribution is 6.07. The van der Waals surface area contributed by atoms with Crippen LogP contribution in [0.5, 0.6) is 0 Å². The van der Waals surface area contributed by atoms with Gasteiger partial charge in [-0.2, -0.15) is 0 Å². The number of aliphatic hydroxyl groups excluding tert-OH is 1. The normalized spacial score (nSPS) is 16.0. The van der Waals surface area contributed by atoms with Gasteiger partial charge in [-0.3, -0.25) is 4.79 Å². The number of nitrogens with zero attached hydrogens (tertiary/aromatic N) is 4. The Morgan fingerprint density at radius 2 is 1.97 bits per heavy atom. The van der Waals surface area contributed by atoms with Crippen LogP contribution in [-0.2, 0) is 13.6 Å². The Labute approximate surface area is 201 Å². The van der Waals surface area contributed by atoms with Crippen molar-refractivity contribution in [3.63, 3.8) is 0 Å². The third-order valence-electron chi connectivity index (χ3n) is 6.93. The van der Waals surface area contributed by atoms with Crippen molar-refractivity contribution in [3.8, 4) is 11.1 Å². The van der Waals surface area contributed by atoms with Crippen LogP contribution < -0.4 is 15.5 Å². The number of aryl methyl sites for hydroxylation is 1. The van der Waals surface area contributed by atoms with Crippen molar-refractivity contribution in [3.05, 3.63) is 65.9 Å². The predicted octanol–water partition coefficient (Wildman–Crippen LogP) is 3.72. The number of pyridine rings is 2. The number of amides is 1. The maximum atomic E-state index is 15.0. The molecular formula is C26H25FN6O2. The third kappa shape index (κ3) is 3.68. The van der Waals surface area contributed by atoms with E-state index in [9.17, 15) is 9.90 Å². The molecule has 5 heterocycles. The van der Waals surface area contributed by atoms with Gasteiger partial charge < -0.3 is 25.2 Å². The maximum absolute atomic E-state index is 15.0. The van der Waals surface area contributed by atoms with Gasteiger partial charge in [-0.15, -0.1) is 0 Å². The van der Waals surface area contributed by atoms with Gasteiger partial charge in [-0.25, -0.2) is 14.4 Å². The van der Waals surface area contributed by atoms with E-state index in [2.05, 4.69) is 20.6 Å². The van der Waals surface area contributed by atoms with Crippen LogP contribution in [0.25, 0.3) is 22.2 Å². The van der Waals surface area contributed by atoms with Gasteiger partial charge in [-0.1, -0.05) is 6.07 Å². The fourth-order valence-corrected chi connectivity index (χ4v) is 5.05. The van der Waals surface area contributed by atoms with Gasteiger partial charge in [0.05, 0.1) is 29.2 Å². The summed E-state index contributed by atoms with van der Waals surface area (Å²) in [4.78, 5) is 23.6. The highest BCUT2D eigenvalue weighted by atomic mass is 19.1. The molecule has 6 rings (SSSR count). The quantitative estimate of drug-likeness (QED) is 0.419. The standard InChI is InChI=1S/C26H25FN6O2/c1-32-9-7-19-18(4-8-28-25(19)32)17-2-3-22(23-20(17)14-30-26(23)35)31-24-21(27)12-15(13-29-24)33-10-5-16(34)6-11-33/h2-4,7-9,12-13,16,34H,5-6,10-11,14H2,1H3,(H,29,31)(H,30,35). The van der Waals surface area contributed by atoms with Gasteiger partial charge in [-0.05, 0) is 47.7 Å². The highest BCUT2D eigenvalue weighted by Gasteiger charge is 2.27. The lowest BCUT2D eigenvalue weighted by Gasteiger charge is -2.31. The summed E-state index contributed by atoms with van der Waals surface area (Å²) in [5.41, 5.74) is 5.36. The Morgan fingerprint density at radius 1 is 1.14 bits per heavy atom. The van der Waals surface area contributed by atoms with E-state index in [-0.39, 0.29) is 17.8 Å². The molecule has 178 valence electrons. The van der Waals surface area contributed by atoms with Gasteiger partial charge in [0.15, 0.2) is 11.6 Å². The van der Waals surface area contributed by atoms with Crippen LogP contribution in [0.4, 0.5) is 21.6 Å². The van der Waals surface area contributed by atoms with E-state index in [0.717, 1.165) is 27.7 Å². The number of benzene rings is 1. The first-order valence-electron chi connectivity index (χ1n) is 11.7. The van der Waals surface area contributed by atoms with Crippen LogP contribution in [0.1, 0.15) is 28.8 Å².